The SMILES string of the molecule is Cc1cccc(Cn2cnc3sc4c(c3c2=O)CCC(NCCc2ccccc2F)C4)n1. The van der Waals surface area contributed by atoms with Gasteiger partial charge in [0, 0.05) is 16.6 Å². The van der Waals surface area contributed by atoms with Crippen LogP contribution in [-0.4, -0.2) is 27.1 Å². The Morgan fingerprint density at radius 2 is 2.09 bits per heavy atom. The van der Waals surface area contributed by atoms with Gasteiger partial charge in [-0.2, -0.15) is 0 Å². The zero-order valence-electron chi connectivity index (χ0n) is 18.0. The Balaban J connectivity index is 1.31. The number of aryl methyl sites for hydroxylation is 2. The maximum Gasteiger partial charge on any atom is 0.262 e. The molecule has 1 aliphatic carbocycles. The first kappa shape index (κ1) is 21.0. The zero-order valence-corrected chi connectivity index (χ0v) is 18.8. The Kier molecular flexibility index (Phi) is 5.85. The lowest BCUT2D eigenvalue weighted by molar-refractivity contribution is 0.464. The van der Waals surface area contributed by atoms with Crippen molar-refractivity contribution < 1.29 is 4.39 Å². The molecule has 1 N–H and O–H groups in total. The number of aromatic nitrogens is 3. The number of benzene rings is 1. The lowest BCUT2D eigenvalue weighted by Crippen LogP contribution is -2.35. The summed E-state index contributed by atoms with van der Waals surface area (Å²) in [4.78, 5) is 24.4. The van der Waals surface area contributed by atoms with Crippen molar-refractivity contribution >= 4 is 21.6 Å². The molecule has 32 heavy (non-hydrogen) atoms. The van der Waals surface area contributed by atoms with Gasteiger partial charge in [-0.3, -0.25) is 14.3 Å². The number of fused-ring (bicyclic) bond motifs is 3. The second-order valence-corrected chi connectivity index (χ2v) is 9.45. The van der Waals surface area contributed by atoms with E-state index in [4.69, 9.17) is 0 Å². The molecule has 0 fully saturated rings. The molecule has 3 aromatic heterocycles. The second kappa shape index (κ2) is 8.92. The minimum Gasteiger partial charge on any atom is -0.313 e. The van der Waals surface area contributed by atoms with Crippen LogP contribution in [-0.2, 0) is 25.8 Å². The zero-order chi connectivity index (χ0) is 22.1. The molecule has 0 spiro atoms. The average molecular weight is 449 g/mol. The fourth-order valence-electron chi connectivity index (χ4n) is 4.46. The topological polar surface area (TPSA) is 59.8 Å². The molecule has 0 radical (unpaired) electrons. The van der Waals surface area contributed by atoms with Crippen LogP contribution >= 0.6 is 11.3 Å². The van der Waals surface area contributed by atoms with Crippen molar-refractivity contribution in [2.45, 2.75) is 45.2 Å². The molecular weight excluding hydrogens is 423 g/mol. The number of hydrogen-bond donors (Lipinski definition) is 1. The molecule has 0 saturated heterocycles. The molecule has 1 aliphatic rings. The van der Waals surface area contributed by atoms with Crippen molar-refractivity contribution in [1.82, 2.24) is 19.9 Å². The van der Waals surface area contributed by atoms with Crippen molar-refractivity contribution in [2.75, 3.05) is 6.54 Å². The molecule has 0 aliphatic heterocycles. The van der Waals surface area contributed by atoms with Crippen LogP contribution in [0.15, 0.2) is 53.6 Å². The van der Waals surface area contributed by atoms with E-state index in [1.165, 1.54) is 10.9 Å². The van der Waals surface area contributed by atoms with Crippen molar-refractivity contribution in [3.63, 3.8) is 0 Å². The third-order valence-corrected chi connectivity index (χ3v) is 7.26. The summed E-state index contributed by atoms with van der Waals surface area (Å²) in [5.41, 5.74) is 3.71. The molecule has 5 nitrogen and oxygen atoms in total. The van der Waals surface area contributed by atoms with Crippen LogP contribution in [0, 0.1) is 12.7 Å². The van der Waals surface area contributed by atoms with Crippen LogP contribution in [0.25, 0.3) is 10.2 Å². The highest BCUT2D eigenvalue weighted by atomic mass is 32.1. The van der Waals surface area contributed by atoms with E-state index in [2.05, 4.69) is 15.3 Å². The van der Waals surface area contributed by atoms with Gasteiger partial charge < -0.3 is 5.32 Å². The number of pyridine rings is 1. The fraction of sp³-hybridized carbons (Fsp3) is 0.320. The lowest BCUT2D eigenvalue weighted by atomic mass is 9.93. The Bertz CT molecular complexity index is 1330. The van der Waals surface area contributed by atoms with E-state index in [0.29, 0.717) is 19.0 Å². The maximum atomic E-state index is 13.8. The number of halogens is 1. The monoisotopic (exact) mass is 448 g/mol. The van der Waals surface area contributed by atoms with Gasteiger partial charge >= 0.3 is 0 Å². The molecule has 5 rings (SSSR count). The predicted octanol–water partition coefficient (Wildman–Crippen LogP) is 4.04. The van der Waals surface area contributed by atoms with Gasteiger partial charge in [0.1, 0.15) is 10.6 Å². The van der Waals surface area contributed by atoms with E-state index in [1.54, 1.807) is 28.3 Å². The molecule has 1 atom stereocenters. The van der Waals surface area contributed by atoms with Gasteiger partial charge in [0.05, 0.1) is 24.0 Å². The minimum atomic E-state index is -0.145. The van der Waals surface area contributed by atoms with Crippen LogP contribution in [0.3, 0.4) is 0 Å². The van der Waals surface area contributed by atoms with Crippen LogP contribution in [0.2, 0.25) is 0 Å². The normalized spacial score (nSPS) is 15.8. The van der Waals surface area contributed by atoms with Gasteiger partial charge in [-0.1, -0.05) is 24.3 Å². The van der Waals surface area contributed by atoms with Gasteiger partial charge in [-0.25, -0.2) is 9.37 Å². The Morgan fingerprint density at radius 3 is 2.94 bits per heavy atom. The first-order valence-electron chi connectivity index (χ1n) is 11.0. The Morgan fingerprint density at radius 1 is 1.22 bits per heavy atom. The average Bonchev–Trinajstić information content (AvgIpc) is 3.16. The first-order valence-corrected chi connectivity index (χ1v) is 11.8. The quantitative estimate of drug-likeness (QED) is 0.484. The van der Waals surface area contributed by atoms with E-state index >= 15 is 0 Å². The van der Waals surface area contributed by atoms with E-state index in [-0.39, 0.29) is 11.4 Å². The van der Waals surface area contributed by atoms with Crippen molar-refractivity contribution in [1.29, 1.82) is 0 Å². The van der Waals surface area contributed by atoms with E-state index < -0.39 is 0 Å². The molecule has 0 bridgehead atoms. The van der Waals surface area contributed by atoms with Gasteiger partial charge in [-0.15, -0.1) is 11.3 Å². The smallest absolute Gasteiger partial charge is 0.262 e. The summed E-state index contributed by atoms with van der Waals surface area (Å²) in [6.45, 7) is 3.11. The Hall–Kier alpha value is -2.90. The first-order chi connectivity index (χ1) is 15.6. The summed E-state index contributed by atoms with van der Waals surface area (Å²) in [6.07, 6.45) is 5.01. The Labute approximate surface area is 190 Å². The molecule has 1 aromatic carbocycles. The maximum absolute atomic E-state index is 13.8. The number of thiophene rings is 1. The van der Waals surface area contributed by atoms with Gasteiger partial charge in [-0.05, 0) is 68.5 Å². The molecule has 4 aromatic rings. The summed E-state index contributed by atoms with van der Waals surface area (Å²) in [5.74, 6) is -0.145. The molecule has 0 amide bonds. The number of nitrogens with zero attached hydrogens (tertiary/aromatic N) is 3. The van der Waals surface area contributed by atoms with Crippen molar-refractivity contribution in [3.05, 3.63) is 92.4 Å². The molecular formula is C25H25FN4OS. The number of rotatable bonds is 6. The van der Waals surface area contributed by atoms with Crippen LogP contribution in [0.1, 0.15) is 33.8 Å². The van der Waals surface area contributed by atoms with Gasteiger partial charge in [0.2, 0.25) is 0 Å². The summed E-state index contributed by atoms with van der Waals surface area (Å²) < 4.78 is 15.5. The molecule has 7 heteroatoms. The minimum absolute atomic E-state index is 0.0155. The molecule has 164 valence electrons. The molecule has 1 unspecified atom stereocenters. The highest BCUT2D eigenvalue weighted by Crippen LogP contribution is 2.33. The molecule has 0 saturated carbocycles. The van der Waals surface area contributed by atoms with Gasteiger partial charge in [0.25, 0.3) is 5.56 Å². The van der Waals surface area contributed by atoms with E-state index in [0.717, 1.165) is 58.5 Å². The van der Waals surface area contributed by atoms with E-state index in [9.17, 15) is 9.18 Å². The largest absolute Gasteiger partial charge is 0.313 e. The highest BCUT2D eigenvalue weighted by Gasteiger charge is 2.25. The van der Waals surface area contributed by atoms with Gasteiger partial charge in [0.15, 0.2) is 0 Å². The van der Waals surface area contributed by atoms with Crippen LogP contribution < -0.4 is 10.9 Å². The highest BCUT2D eigenvalue weighted by molar-refractivity contribution is 7.18. The second-order valence-electron chi connectivity index (χ2n) is 8.37. The summed E-state index contributed by atoms with van der Waals surface area (Å²) in [7, 11) is 0. The van der Waals surface area contributed by atoms with E-state index in [1.807, 2.05) is 37.3 Å². The predicted molar refractivity (Wildman–Crippen MR) is 126 cm³/mol. The standard InChI is InChI=1S/C25H25FN4OS/c1-16-5-4-7-19(29-16)14-30-15-28-24-23(25(30)31)20-10-9-18(13-22(20)32-24)27-12-11-17-6-2-3-8-21(17)26/h2-8,15,18,27H,9-14H2,1H3. The summed E-state index contributed by atoms with van der Waals surface area (Å²) in [6, 6.07) is 13.1. The molecule has 3 heterocycles. The van der Waals surface area contributed by atoms with Crippen LogP contribution in [0.5, 0.6) is 0 Å². The lowest BCUT2D eigenvalue weighted by Gasteiger charge is -2.23. The van der Waals surface area contributed by atoms with Crippen molar-refractivity contribution in [3.8, 4) is 0 Å². The number of nitrogens with one attached hydrogen (secondary N) is 1. The summed E-state index contributed by atoms with van der Waals surface area (Å²) >= 11 is 1.63. The summed E-state index contributed by atoms with van der Waals surface area (Å²) in [5, 5.41) is 4.34. The fourth-order valence-corrected chi connectivity index (χ4v) is 5.72. The van der Waals surface area contributed by atoms with Crippen molar-refractivity contribution in [2.24, 2.45) is 0 Å². The third-order valence-electron chi connectivity index (χ3n) is 6.10. The van der Waals surface area contributed by atoms with Crippen LogP contribution in [0.4, 0.5) is 4.39 Å². The third kappa shape index (κ3) is 4.23. The number of hydrogen-bond acceptors (Lipinski definition) is 5.